The van der Waals surface area contributed by atoms with E-state index in [1.807, 2.05) is 0 Å². The van der Waals surface area contributed by atoms with Crippen LogP contribution in [0.25, 0.3) is 0 Å². The van der Waals surface area contributed by atoms with E-state index in [-0.39, 0.29) is 24.9 Å². The first kappa shape index (κ1) is 62.8. The molecular formula is C59H109NO5. The number of aliphatic hydroxyl groups is 2. The summed E-state index contributed by atoms with van der Waals surface area (Å²) in [5.74, 6) is -0.505. The fraction of sp³-hybridized carbons (Fsp3) is 0.831. The van der Waals surface area contributed by atoms with Gasteiger partial charge in [-0.25, -0.2) is 0 Å². The van der Waals surface area contributed by atoms with E-state index < -0.39 is 18.2 Å². The number of amides is 1. The molecule has 0 aliphatic carbocycles. The van der Waals surface area contributed by atoms with Gasteiger partial charge >= 0.3 is 5.97 Å². The van der Waals surface area contributed by atoms with Crippen LogP contribution in [0.3, 0.4) is 0 Å². The predicted octanol–water partition coefficient (Wildman–Crippen LogP) is 17.4. The van der Waals surface area contributed by atoms with E-state index in [1.54, 1.807) is 0 Å². The molecule has 0 aliphatic rings. The normalized spacial score (nSPS) is 13.5. The summed E-state index contributed by atoms with van der Waals surface area (Å²) in [6.07, 6.45) is 64.5. The van der Waals surface area contributed by atoms with Gasteiger partial charge in [0.15, 0.2) is 0 Å². The molecule has 6 heteroatoms. The van der Waals surface area contributed by atoms with Gasteiger partial charge in [-0.2, -0.15) is 0 Å². The van der Waals surface area contributed by atoms with E-state index in [0.717, 1.165) is 89.9 Å². The molecule has 0 aromatic rings. The zero-order chi connectivity index (χ0) is 47.4. The lowest BCUT2D eigenvalue weighted by Crippen LogP contribution is -2.46. The largest absolute Gasteiger partial charge is 0.462 e. The molecule has 0 aromatic carbocycles. The van der Waals surface area contributed by atoms with Crippen molar-refractivity contribution in [3.63, 3.8) is 0 Å². The molecule has 0 aliphatic heterocycles. The van der Waals surface area contributed by atoms with Crippen LogP contribution in [0.2, 0.25) is 0 Å². The van der Waals surface area contributed by atoms with Crippen molar-refractivity contribution < 1.29 is 24.5 Å². The lowest BCUT2D eigenvalue weighted by molar-refractivity contribution is -0.151. The second kappa shape index (κ2) is 52.8. The maximum absolute atomic E-state index is 13.3. The van der Waals surface area contributed by atoms with Crippen molar-refractivity contribution in [2.45, 2.75) is 309 Å². The number of rotatable bonds is 51. The van der Waals surface area contributed by atoms with Crippen molar-refractivity contribution >= 4 is 11.9 Å². The van der Waals surface area contributed by atoms with E-state index >= 15 is 0 Å². The van der Waals surface area contributed by atoms with Gasteiger partial charge in [0.2, 0.25) is 5.91 Å². The number of carbonyl (C=O) groups is 2. The summed E-state index contributed by atoms with van der Waals surface area (Å²) in [6.45, 7) is 6.47. The van der Waals surface area contributed by atoms with E-state index in [2.05, 4.69) is 74.7 Å². The Labute approximate surface area is 404 Å². The van der Waals surface area contributed by atoms with Crippen LogP contribution in [0, 0.1) is 0 Å². The first-order chi connectivity index (χ1) is 32.0. The molecule has 3 N–H and O–H groups in total. The van der Waals surface area contributed by atoms with Crippen LogP contribution in [-0.2, 0) is 14.3 Å². The molecule has 3 unspecified atom stereocenters. The van der Waals surface area contributed by atoms with Gasteiger partial charge in [-0.15, -0.1) is 0 Å². The Morgan fingerprint density at radius 2 is 0.785 bits per heavy atom. The third kappa shape index (κ3) is 48.1. The molecule has 0 saturated carbocycles. The Morgan fingerprint density at radius 1 is 0.446 bits per heavy atom. The minimum Gasteiger partial charge on any atom is -0.462 e. The third-order valence-corrected chi connectivity index (χ3v) is 12.9. The Bertz CT molecular complexity index is 1110. The summed E-state index contributed by atoms with van der Waals surface area (Å²) in [4.78, 5) is 26.2. The zero-order valence-electron chi connectivity index (χ0n) is 43.4. The maximum atomic E-state index is 13.3. The van der Waals surface area contributed by atoms with Gasteiger partial charge < -0.3 is 20.3 Å². The van der Waals surface area contributed by atoms with Gasteiger partial charge in [-0.1, -0.05) is 236 Å². The molecule has 0 rings (SSSR count). The van der Waals surface area contributed by atoms with Gasteiger partial charge in [0.25, 0.3) is 0 Å². The van der Waals surface area contributed by atoms with Crippen molar-refractivity contribution in [1.29, 1.82) is 0 Å². The number of esters is 1. The van der Waals surface area contributed by atoms with Crippen LogP contribution in [-0.4, -0.2) is 46.9 Å². The molecule has 6 nitrogen and oxygen atoms in total. The fourth-order valence-corrected chi connectivity index (χ4v) is 8.55. The smallest absolute Gasteiger partial charge is 0.306 e. The highest BCUT2D eigenvalue weighted by Gasteiger charge is 2.24. The summed E-state index contributed by atoms with van der Waals surface area (Å²) < 4.78 is 5.94. The van der Waals surface area contributed by atoms with Crippen LogP contribution >= 0.6 is 0 Å². The predicted molar refractivity (Wildman–Crippen MR) is 282 cm³/mol. The van der Waals surface area contributed by atoms with E-state index in [1.165, 1.54) is 154 Å². The summed E-state index contributed by atoms with van der Waals surface area (Å²) in [5, 5.41) is 23.9. The second-order valence-corrected chi connectivity index (χ2v) is 19.3. The maximum Gasteiger partial charge on any atom is 0.306 e. The zero-order valence-corrected chi connectivity index (χ0v) is 43.4. The molecule has 0 aromatic heterocycles. The van der Waals surface area contributed by atoms with E-state index in [4.69, 9.17) is 4.74 Å². The molecule has 0 radical (unpaired) electrons. The highest BCUT2D eigenvalue weighted by atomic mass is 16.5. The summed E-state index contributed by atoms with van der Waals surface area (Å²) in [5.41, 5.74) is 0. The van der Waals surface area contributed by atoms with Crippen LogP contribution < -0.4 is 5.32 Å². The first-order valence-corrected chi connectivity index (χ1v) is 28.4. The Hall–Kier alpha value is -2.18. The number of hydrogen-bond donors (Lipinski definition) is 3. The molecule has 380 valence electrons. The number of unbranched alkanes of at least 4 members (excludes halogenated alkanes) is 31. The molecule has 65 heavy (non-hydrogen) atoms. The minimum atomic E-state index is -0.797. The highest BCUT2D eigenvalue weighted by molar-refractivity contribution is 5.77. The molecular weight excluding hydrogens is 803 g/mol. The molecule has 3 atom stereocenters. The fourth-order valence-electron chi connectivity index (χ4n) is 8.55. The van der Waals surface area contributed by atoms with Crippen molar-refractivity contribution in [2.24, 2.45) is 0 Å². The van der Waals surface area contributed by atoms with Crippen molar-refractivity contribution in [2.75, 3.05) is 6.61 Å². The van der Waals surface area contributed by atoms with E-state index in [0.29, 0.717) is 19.3 Å². The van der Waals surface area contributed by atoms with Crippen molar-refractivity contribution in [3.8, 4) is 0 Å². The Balaban J connectivity index is 4.62. The molecule has 0 bridgehead atoms. The van der Waals surface area contributed by atoms with Crippen LogP contribution in [0.5, 0.6) is 0 Å². The summed E-state index contributed by atoms with van der Waals surface area (Å²) in [7, 11) is 0. The standard InChI is InChI=1S/C59H109NO5/c1-4-7-10-13-16-19-22-25-28-29-31-32-35-38-41-44-47-50-55(65-59(64)52-49-46-43-40-37-34-27-24-21-18-15-12-9-6-3)53-58(63)60-56(54-61)57(62)51-48-45-42-39-36-33-30-26-23-20-17-14-11-8-5-2/h16,19,25,28,31-32,34,37,55-57,61-62H,4-15,17-18,20-24,26-27,29-30,33,35-36,38-54H2,1-3H3,(H,60,63)/b19-16-,28-25-,32-31-,37-34-. The number of aliphatic hydroxyl groups excluding tert-OH is 2. The Kier molecular flexibility index (Phi) is 51.0. The third-order valence-electron chi connectivity index (χ3n) is 12.9. The average Bonchev–Trinajstić information content (AvgIpc) is 3.30. The van der Waals surface area contributed by atoms with Crippen molar-refractivity contribution in [1.82, 2.24) is 5.32 Å². The van der Waals surface area contributed by atoms with Crippen molar-refractivity contribution in [3.05, 3.63) is 48.6 Å². The number of ether oxygens (including phenoxy) is 1. The van der Waals surface area contributed by atoms with Gasteiger partial charge in [-0.3, -0.25) is 9.59 Å². The quantitative estimate of drug-likeness (QED) is 0.0321. The summed E-state index contributed by atoms with van der Waals surface area (Å²) in [6, 6.07) is -0.712. The SMILES string of the molecule is CCCCC/C=C\C/C=C\C/C=C\CCCCCCC(CC(=O)NC(CO)C(O)CCCCCCCCCCCCCCCCC)OC(=O)CCCCC/C=C\CCCCCCCCC. The lowest BCUT2D eigenvalue weighted by Gasteiger charge is -2.24. The molecule has 0 fully saturated rings. The van der Waals surface area contributed by atoms with Gasteiger partial charge in [0.1, 0.15) is 6.10 Å². The average molecular weight is 913 g/mol. The van der Waals surface area contributed by atoms with Gasteiger partial charge in [0, 0.05) is 6.42 Å². The molecule has 0 saturated heterocycles. The lowest BCUT2D eigenvalue weighted by atomic mass is 10.0. The summed E-state index contributed by atoms with van der Waals surface area (Å²) >= 11 is 0. The second-order valence-electron chi connectivity index (χ2n) is 19.3. The van der Waals surface area contributed by atoms with Crippen LogP contribution in [0.15, 0.2) is 48.6 Å². The highest BCUT2D eigenvalue weighted by Crippen LogP contribution is 2.18. The van der Waals surface area contributed by atoms with Crippen LogP contribution in [0.1, 0.15) is 290 Å². The van der Waals surface area contributed by atoms with Gasteiger partial charge in [0.05, 0.1) is 25.2 Å². The minimum absolute atomic E-state index is 0.0579. The topological polar surface area (TPSA) is 95.9 Å². The van der Waals surface area contributed by atoms with Gasteiger partial charge in [-0.05, 0) is 89.9 Å². The number of allylic oxidation sites excluding steroid dienone is 8. The number of carbonyl (C=O) groups excluding carboxylic acids is 2. The Morgan fingerprint density at radius 3 is 1.23 bits per heavy atom. The number of nitrogens with one attached hydrogen (secondary N) is 1. The molecule has 0 spiro atoms. The molecule has 1 amide bonds. The molecule has 0 heterocycles. The first-order valence-electron chi connectivity index (χ1n) is 28.4. The number of hydrogen-bond acceptors (Lipinski definition) is 5. The monoisotopic (exact) mass is 912 g/mol. The van der Waals surface area contributed by atoms with Crippen LogP contribution in [0.4, 0.5) is 0 Å². The van der Waals surface area contributed by atoms with E-state index in [9.17, 15) is 19.8 Å².